The number of nitrogens with one attached hydrogen (secondary N) is 1. The molecule has 0 unspecified atom stereocenters. The summed E-state index contributed by atoms with van der Waals surface area (Å²) in [5.74, 6) is 0.466. The molecule has 0 bridgehead atoms. The second-order valence-corrected chi connectivity index (χ2v) is 6.23. The molecule has 1 saturated carbocycles. The number of carbonyl (C=O) groups excluding carboxylic acids is 1. The fourth-order valence-electron chi connectivity index (χ4n) is 3.33. The molecule has 0 saturated heterocycles. The smallest absolute Gasteiger partial charge is 0.255 e. The lowest BCUT2D eigenvalue weighted by Gasteiger charge is -2.25. The van der Waals surface area contributed by atoms with Crippen LogP contribution >= 0.6 is 0 Å². The molecule has 0 aliphatic heterocycles. The zero-order valence-corrected chi connectivity index (χ0v) is 13.4. The highest BCUT2D eigenvalue weighted by molar-refractivity contribution is 6.05. The Labute approximate surface area is 138 Å². The summed E-state index contributed by atoms with van der Waals surface area (Å²) in [6.07, 6.45) is 6.31. The minimum Gasteiger partial charge on any atom is -0.321 e. The van der Waals surface area contributed by atoms with E-state index < -0.39 is 0 Å². The fraction of sp³-hybridized carbons (Fsp3) is 0.286. The van der Waals surface area contributed by atoms with Crippen LogP contribution < -0.4 is 5.32 Å². The Hall–Kier alpha value is -2.35. The summed E-state index contributed by atoms with van der Waals surface area (Å²) in [5, 5.41) is 3.05. The van der Waals surface area contributed by atoms with Gasteiger partial charge in [-0.15, -0.1) is 0 Å². The summed E-state index contributed by atoms with van der Waals surface area (Å²) in [4.78, 5) is 12.4. The molecule has 1 amide bonds. The molecule has 0 aromatic heterocycles. The van der Waals surface area contributed by atoms with Gasteiger partial charge in [-0.2, -0.15) is 0 Å². The molecule has 0 atom stereocenters. The standard InChI is InChI=1S/C21H23NO/c1-16(17-10-4-2-5-11-17)19-14-8-9-15-20(19)22-21(23)18-12-6-3-7-13-18/h3,6-9,12-15,17H,1-2,4-5,10-11H2,(H,22,23). The molecule has 1 fully saturated rings. The summed E-state index contributed by atoms with van der Waals surface area (Å²) in [5.41, 5.74) is 3.76. The van der Waals surface area contributed by atoms with Crippen LogP contribution in [-0.2, 0) is 0 Å². The number of hydrogen-bond donors (Lipinski definition) is 1. The van der Waals surface area contributed by atoms with E-state index in [2.05, 4.69) is 18.0 Å². The van der Waals surface area contributed by atoms with E-state index in [1.165, 1.54) is 32.1 Å². The Bertz CT molecular complexity index is 684. The summed E-state index contributed by atoms with van der Waals surface area (Å²) >= 11 is 0. The van der Waals surface area contributed by atoms with E-state index in [0.717, 1.165) is 16.8 Å². The molecule has 23 heavy (non-hydrogen) atoms. The largest absolute Gasteiger partial charge is 0.321 e. The lowest BCUT2D eigenvalue weighted by atomic mass is 9.81. The van der Waals surface area contributed by atoms with E-state index in [1.54, 1.807) is 0 Å². The van der Waals surface area contributed by atoms with Gasteiger partial charge < -0.3 is 5.32 Å². The molecule has 2 nitrogen and oxygen atoms in total. The average Bonchev–Trinajstić information content (AvgIpc) is 2.63. The molecule has 3 rings (SSSR count). The van der Waals surface area contributed by atoms with Crippen LogP contribution in [0.5, 0.6) is 0 Å². The van der Waals surface area contributed by atoms with Crippen LogP contribution in [0.4, 0.5) is 5.69 Å². The Morgan fingerprint density at radius 1 is 0.913 bits per heavy atom. The van der Waals surface area contributed by atoms with E-state index in [9.17, 15) is 4.79 Å². The van der Waals surface area contributed by atoms with Crippen molar-refractivity contribution in [3.05, 3.63) is 72.3 Å². The van der Waals surface area contributed by atoms with Crippen LogP contribution in [0, 0.1) is 5.92 Å². The number of hydrogen-bond acceptors (Lipinski definition) is 1. The summed E-state index contributed by atoms with van der Waals surface area (Å²) in [6.45, 7) is 4.34. The van der Waals surface area contributed by atoms with Crippen LogP contribution in [0.3, 0.4) is 0 Å². The molecule has 0 radical (unpaired) electrons. The predicted octanol–water partition coefficient (Wildman–Crippen LogP) is 5.53. The molecule has 2 aromatic carbocycles. The topological polar surface area (TPSA) is 29.1 Å². The third-order valence-corrected chi connectivity index (χ3v) is 4.66. The Balaban J connectivity index is 1.80. The number of benzene rings is 2. The molecule has 1 aliphatic rings. The van der Waals surface area contributed by atoms with Gasteiger partial charge in [-0.05, 0) is 42.5 Å². The van der Waals surface area contributed by atoms with Crippen molar-refractivity contribution in [1.29, 1.82) is 0 Å². The number of allylic oxidation sites excluding steroid dienone is 1. The van der Waals surface area contributed by atoms with Crippen LogP contribution in [0.2, 0.25) is 0 Å². The van der Waals surface area contributed by atoms with Crippen LogP contribution in [0.15, 0.2) is 61.2 Å². The van der Waals surface area contributed by atoms with E-state index in [0.29, 0.717) is 11.5 Å². The van der Waals surface area contributed by atoms with Crippen molar-refractivity contribution in [2.75, 3.05) is 5.32 Å². The highest BCUT2D eigenvalue weighted by atomic mass is 16.1. The monoisotopic (exact) mass is 305 g/mol. The van der Waals surface area contributed by atoms with Gasteiger partial charge >= 0.3 is 0 Å². The van der Waals surface area contributed by atoms with Crippen molar-refractivity contribution in [2.24, 2.45) is 5.92 Å². The quantitative estimate of drug-likeness (QED) is 0.790. The van der Waals surface area contributed by atoms with Crippen molar-refractivity contribution in [3.8, 4) is 0 Å². The van der Waals surface area contributed by atoms with Gasteiger partial charge in [0.15, 0.2) is 0 Å². The lowest BCUT2D eigenvalue weighted by molar-refractivity contribution is 0.102. The highest BCUT2D eigenvalue weighted by Gasteiger charge is 2.20. The Morgan fingerprint density at radius 2 is 1.57 bits per heavy atom. The first-order chi connectivity index (χ1) is 11.3. The number of anilines is 1. The maximum atomic E-state index is 12.4. The maximum Gasteiger partial charge on any atom is 0.255 e. The van der Waals surface area contributed by atoms with Gasteiger partial charge in [0, 0.05) is 16.8 Å². The average molecular weight is 305 g/mol. The summed E-state index contributed by atoms with van der Waals surface area (Å²) in [7, 11) is 0. The molecule has 1 N–H and O–H groups in total. The molecule has 0 heterocycles. The fourth-order valence-corrected chi connectivity index (χ4v) is 3.33. The summed E-state index contributed by atoms with van der Waals surface area (Å²) in [6, 6.07) is 17.3. The van der Waals surface area contributed by atoms with Gasteiger partial charge in [-0.1, -0.05) is 62.2 Å². The number of rotatable bonds is 4. The zero-order chi connectivity index (χ0) is 16.1. The third kappa shape index (κ3) is 3.70. The maximum absolute atomic E-state index is 12.4. The second-order valence-electron chi connectivity index (χ2n) is 6.23. The number of para-hydroxylation sites is 1. The van der Waals surface area contributed by atoms with Crippen molar-refractivity contribution >= 4 is 17.2 Å². The minimum atomic E-state index is -0.0745. The molecule has 2 heteroatoms. The first-order valence-corrected chi connectivity index (χ1v) is 8.40. The van der Waals surface area contributed by atoms with E-state index >= 15 is 0 Å². The molecule has 1 aliphatic carbocycles. The third-order valence-electron chi connectivity index (χ3n) is 4.66. The van der Waals surface area contributed by atoms with Gasteiger partial charge in [-0.3, -0.25) is 4.79 Å². The van der Waals surface area contributed by atoms with Crippen molar-refractivity contribution < 1.29 is 4.79 Å². The normalized spacial score (nSPS) is 15.1. The first kappa shape index (κ1) is 15.5. The second kappa shape index (κ2) is 7.28. The first-order valence-electron chi connectivity index (χ1n) is 8.40. The van der Waals surface area contributed by atoms with E-state index in [4.69, 9.17) is 0 Å². The van der Waals surface area contributed by atoms with Crippen LogP contribution in [-0.4, -0.2) is 5.91 Å². The molecular weight excluding hydrogens is 282 g/mol. The van der Waals surface area contributed by atoms with Crippen LogP contribution in [0.25, 0.3) is 5.57 Å². The van der Waals surface area contributed by atoms with Gasteiger partial charge in [0.2, 0.25) is 0 Å². The zero-order valence-electron chi connectivity index (χ0n) is 13.4. The molecule has 2 aromatic rings. The number of carbonyl (C=O) groups is 1. The van der Waals surface area contributed by atoms with E-state index in [-0.39, 0.29) is 5.91 Å². The van der Waals surface area contributed by atoms with Gasteiger partial charge in [0.05, 0.1) is 0 Å². The molecule has 0 spiro atoms. The van der Waals surface area contributed by atoms with E-state index in [1.807, 2.05) is 48.5 Å². The molecule has 118 valence electrons. The SMILES string of the molecule is C=C(c1ccccc1NC(=O)c1ccccc1)C1CCCCC1. The Kier molecular flexibility index (Phi) is 4.92. The van der Waals surface area contributed by atoms with Crippen molar-refractivity contribution in [2.45, 2.75) is 32.1 Å². The predicted molar refractivity (Wildman–Crippen MR) is 96.4 cm³/mol. The van der Waals surface area contributed by atoms with Crippen LogP contribution in [0.1, 0.15) is 48.0 Å². The Morgan fingerprint density at radius 3 is 2.30 bits per heavy atom. The van der Waals surface area contributed by atoms with Gasteiger partial charge in [-0.25, -0.2) is 0 Å². The minimum absolute atomic E-state index is 0.0745. The van der Waals surface area contributed by atoms with Crippen molar-refractivity contribution in [3.63, 3.8) is 0 Å². The van der Waals surface area contributed by atoms with Crippen molar-refractivity contribution in [1.82, 2.24) is 0 Å². The summed E-state index contributed by atoms with van der Waals surface area (Å²) < 4.78 is 0. The highest BCUT2D eigenvalue weighted by Crippen LogP contribution is 2.36. The van der Waals surface area contributed by atoms with Gasteiger partial charge in [0.25, 0.3) is 5.91 Å². The van der Waals surface area contributed by atoms with Gasteiger partial charge in [0.1, 0.15) is 0 Å². The number of amides is 1. The molecular formula is C21H23NO. The lowest BCUT2D eigenvalue weighted by Crippen LogP contribution is -2.14.